The molecule has 0 N–H and O–H groups in total. The Labute approximate surface area is 231 Å². The molecule has 5 rings (SSSR count). The molecule has 0 bridgehead atoms. The van der Waals surface area contributed by atoms with E-state index in [2.05, 4.69) is 25.7 Å². The molecule has 2 aromatic heterocycles. The van der Waals surface area contributed by atoms with Gasteiger partial charge in [0.2, 0.25) is 0 Å². The second kappa shape index (κ2) is 10.8. The van der Waals surface area contributed by atoms with Gasteiger partial charge in [-0.15, -0.1) is 0 Å². The molecule has 2 aromatic carbocycles. The van der Waals surface area contributed by atoms with Crippen LogP contribution in [0.25, 0.3) is 22.3 Å². The molecule has 0 amide bonds. The Hall–Kier alpha value is -3.59. The molecule has 0 saturated heterocycles. The number of nitrogens with zero attached hydrogens (tertiary/aromatic N) is 4. The van der Waals surface area contributed by atoms with Gasteiger partial charge in [-0.2, -0.15) is 18.4 Å². The number of methoxy groups -OCH3 is 1. The van der Waals surface area contributed by atoms with Crippen molar-refractivity contribution < 1.29 is 27.4 Å². The van der Waals surface area contributed by atoms with Gasteiger partial charge in [0.1, 0.15) is 36.2 Å². The highest BCUT2D eigenvalue weighted by Crippen LogP contribution is 2.41. The van der Waals surface area contributed by atoms with Gasteiger partial charge in [0.05, 0.1) is 36.1 Å². The van der Waals surface area contributed by atoms with Gasteiger partial charge in [-0.25, -0.2) is 4.98 Å². The average Bonchev–Trinajstić information content (AvgIpc) is 3.51. The number of aromatic nitrogens is 3. The lowest BCUT2D eigenvalue weighted by molar-refractivity contribution is -0.139. The minimum Gasteiger partial charge on any atom is -0.495 e. The summed E-state index contributed by atoms with van der Waals surface area (Å²) in [6.07, 6.45) is -3.65. The fourth-order valence-corrected chi connectivity index (χ4v) is 5.76. The molecular formula is C29H31F3N4O3Si. The van der Waals surface area contributed by atoms with E-state index in [0.29, 0.717) is 41.7 Å². The predicted octanol–water partition coefficient (Wildman–Crippen LogP) is 6.84. The van der Waals surface area contributed by atoms with Gasteiger partial charge in [0.15, 0.2) is 0 Å². The summed E-state index contributed by atoms with van der Waals surface area (Å²) in [5.74, 6) is 0.852. The maximum atomic E-state index is 13.8. The number of halogens is 3. The molecule has 0 fully saturated rings. The summed E-state index contributed by atoms with van der Waals surface area (Å²) < 4.78 is 62.9. The van der Waals surface area contributed by atoms with Gasteiger partial charge in [0, 0.05) is 38.4 Å². The van der Waals surface area contributed by atoms with Crippen LogP contribution in [0.2, 0.25) is 25.7 Å². The quantitative estimate of drug-likeness (QED) is 0.172. The summed E-state index contributed by atoms with van der Waals surface area (Å²) in [5.41, 5.74) is 1.78. The fourth-order valence-electron chi connectivity index (χ4n) is 5.00. The minimum atomic E-state index is -4.52. The van der Waals surface area contributed by atoms with Crippen LogP contribution in [0, 0.1) is 11.3 Å². The van der Waals surface area contributed by atoms with E-state index in [4.69, 9.17) is 19.2 Å². The summed E-state index contributed by atoms with van der Waals surface area (Å²) in [5, 5.41) is 10.3. The minimum absolute atomic E-state index is 0.0312. The number of hydrogen-bond acceptors (Lipinski definition) is 5. The van der Waals surface area contributed by atoms with Crippen molar-refractivity contribution in [1.82, 2.24) is 14.1 Å². The Morgan fingerprint density at radius 2 is 1.95 bits per heavy atom. The van der Waals surface area contributed by atoms with Crippen LogP contribution in [0.4, 0.5) is 13.2 Å². The van der Waals surface area contributed by atoms with Gasteiger partial charge in [0.25, 0.3) is 0 Å². The number of hydrogen-bond donors (Lipinski definition) is 0. The Balaban J connectivity index is 1.60. The summed E-state index contributed by atoms with van der Waals surface area (Å²) in [6.45, 7) is 8.41. The van der Waals surface area contributed by atoms with E-state index >= 15 is 0 Å². The number of alkyl halides is 3. The van der Waals surface area contributed by atoms with E-state index in [1.165, 1.54) is 19.2 Å². The smallest absolute Gasteiger partial charge is 0.416 e. The first-order valence-corrected chi connectivity index (χ1v) is 16.8. The second-order valence-corrected chi connectivity index (χ2v) is 16.6. The Kier molecular flexibility index (Phi) is 7.52. The van der Waals surface area contributed by atoms with Crippen LogP contribution in [0.3, 0.4) is 0 Å². The molecule has 11 heteroatoms. The van der Waals surface area contributed by atoms with E-state index in [9.17, 15) is 18.4 Å². The average molecular weight is 569 g/mol. The van der Waals surface area contributed by atoms with Crippen LogP contribution < -0.4 is 4.74 Å². The van der Waals surface area contributed by atoms with Crippen LogP contribution in [0.15, 0.2) is 48.7 Å². The van der Waals surface area contributed by atoms with E-state index in [0.717, 1.165) is 23.0 Å². The maximum Gasteiger partial charge on any atom is 0.416 e. The Morgan fingerprint density at radius 3 is 2.65 bits per heavy atom. The number of rotatable bonds is 8. The molecular weight excluding hydrogens is 537 g/mol. The van der Waals surface area contributed by atoms with Crippen molar-refractivity contribution in [2.24, 2.45) is 0 Å². The summed E-state index contributed by atoms with van der Waals surface area (Å²) >= 11 is 0. The van der Waals surface area contributed by atoms with Gasteiger partial charge in [-0.3, -0.25) is 0 Å². The first kappa shape index (κ1) is 28.0. The first-order valence-electron chi connectivity index (χ1n) is 13.0. The molecule has 3 heterocycles. The highest BCUT2D eigenvalue weighted by atomic mass is 28.3. The third-order valence-electron chi connectivity index (χ3n) is 7.05. The maximum absolute atomic E-state index is 13.8. The largest absolute Gasteiger partial charge is 0.495 e. The molecule has 1 aliphatic rings. The van der Waals surface area contributed by atoms with E-state index in [-0.39, 0.29) is 18.9 Å². The number of nitriles is 1. The van der Waals surface area contributed by atoms with Gasteiger partial charge < -0.3 is 23.3 Å². The lowest BCUT2D eigenvalue weighted by Gasteiger charge is -2.26. The summed E-state index contributed by atoms with van der Waals surface area (Å²) in [7, 11) is 0.218. The normalized spacial score (nSPS) is 15.7. The third-order valence-corrected chi connectivity index (χ3v) is 8.75. The van der Waals surface area contributed by atoms with Crippen molar-refractivity contribution in [3.63, 3.8) is 0 Å². The van der Waals surface area contributed by atoms with Gasteiger partial charge in [-0.1, -0.05) is 37.8 Å². The SMILES string of the molecule is COc1c(C#N)ccc2c1cc(-c1cn3c(n1)C(c1ccccc1C(F)(F)F)OCC3)n2COCC[Si](C)(C)C. The second-order valence-electron chi connectivity index (χ2n) is 11.0. The molecule has 1 atom stereocenters. The zero-order valence-electron chi connectivity index (χ0n) is 22.9. The van der Waals surface area contributed by atoms with Crippen molar-refractivity contribution in [3.05, 3.63) is 71.2 Å². The van der Waals surface area contributed by atoms with Crippen molar-refractivity contribution in [1.29, 1.82) is 5.26 Å². The highest BCUT2D eigenvalue weighted by Gasteiger charge is 2.38. The topological polar surface area (TPSA) is 74.2 Å². The number of ether oxygens (including phenoxy) is 3. The zero-order chi connectivity index (χ0) is 28.7. The Morgan fingerprint density at radius 1 is 1.18 bits per heavy atom. The molecule has 210 valence electrons. The molecule has 40 heavy (non-hydrogen) atoms. The van der Waals surface area contributed by atoms with E-state index in [1.54, 1.807) is 12.1 Å². The lowest BCUT2D eigenvalue weighted by Crippen LogP contribution is -2.24. The van der Waals surface area contributed by atoms with Crippen LogP contribution in [-0.2, 0) is 28.9 Å². The van der Waals surface area contributed by atoms with Crippen LogP contribution in [0.1, 0.15) is 28.6 Å². The highest BCUT2D eigenvalue weighted by molar-refractivity contribution is 6.76. The van der Waals surface area contributed by atoms with Crippen LogP contribution >= 0.6 is 0 Å². The molecule has 7 nitrogen and oxygen atoms in total. The molecule has 4 aromatic rings. The Bertz CT molecular complexity index is 1580. The van der Waals surface area contributed by atoms with Crippen molar-refractivity contribution >= 4 is 19.0 Å². The van der Waals surface area contributed by atoms with Crippen LogP contribution in [0.5, 0.6) is 5.75 Å². The molecule has 0 saturated carbocycles. The number of fused-ring (bicyclic) bond motifs is 2. The predicted molar refractivity (Wildman–Crippen MR) is 148 cm³/mol. The first-order chi connectivity index (χ1) is 19.0. The third kappa shape index (κ3) is 5.39. The molecule has 0 radical (unpaired) electrons. The van der Waals surface area contributed by atoms with Crippen molar-refractivity contribution in [2.45, 2.75) is 51.2 Å². The lowest BCUT2D eigenvalue weighted by atomic mass is 10.0. The molecule has 0 aliphatic carbocycles. The fraction of sp³-hybridized carbons (Fsp3) is 0.379. The molecule has 0 spiro atoms. The summed E-state index contributed by atoms with van der Waals surface area (Å²) in [6, 6.07) is 14.1. The number of imidazole rings is 1. The van der Waals surface area contributed by atoms with Crippen LogP contribution in [-0.4, -0.2) is 42.5 Å². The van der Waals surface area contributed by atoms with Gasteiger partial charge in [-0.05, 0) is 30.3 Å². The molecule has 1 aliphatic heterocycles. The molecule has 1 unspecified atom stereocenters. The van der Waals surface area contributed by atoms with E-state index < -0.39 is 25.9 Å². The standard InChI is InChI=1S/C29H31F3N4O3Si/c1-37-26-19(16-33)9-10-24-21(26)15-25(36(24)18-38-13-14-40(2,3)4)23-17-35-11-12-39-27(28(35)34-23)20-7-5-6-8-22(20)29(30,31)32/h5-10,15,17,27H,11-14,18H2,1-4H3. The number of benzene rings is 2. The zero-order valence-corrected chi connectivity index (χ0v) is 23.9. The van der Waals surface area contributed by atoms with E-state index in [1.807, 2.05) is 27.5 Å². The monoisotopic (exact) mass is 568 g/mol. The van der Waals surface area contributed by atoms with Crippen molar-refractivity contribution in [2.75, 3.05) is 20.3 Å². The summed E-state index contributed by atoms with van der Waals surface area (Å²) in [4.78, 5) is 4.82. The van der Waals surface area contributed by atoms with Gasteiger partial charge >= 0.3 is 6.18 Å². The van der Waals surface area contributed by atoms with Crippen molar-refractivity contribution in [3.8, 4) is 23.2 Å².